The van der Waals surface area contributed by atoms with Crippen LogP contribution in [0, 0.1) is 5.41 Å². The van der Waals surface area contributed by atoms with Gasteiger partial charge < -0.3 is 15.0 Å². The Morgan fingerprint density at radius 1 is 1.15 bits per heavy atom. The molecule has 0 amide bonds. The number of hydrogen-bond acceptors (Lipinski definition) is 6. The van der Waals surface area contributed by atoms with Gasteiger partial charge in [-0.25, -0.2) is 0 Å². The largest absolute Gasteiger partial charge is 0.461 e. The lowest BCUT2D eigenvalue weighted by atomic mass is 9.83. The second-order valence-corrected chi connectivity index (χ2v) is 6.31. The molecule has 1 aromatic heterocycles. The van der Waals surface area contributed by atoms with E-state index < -0.39 is 0 Å². The molecule has 0 aromatic carbocycles. The van der Waals surface area contributed by atoms with E-state index in [9.17, 15) is 0 Å². The quantitative estimate of drug-likeness (QED) is 0.912. The Morgan fingerprint density at radius 2 is 1.80 bits per heavy atom. The van der Waals surface area contributed by atoms with Gasteiger partial charge in [0.2, 0.25) is 11.9 Å². The van der Waals surface area contributed by atoms with Crippen LogP contribution in [0.15, 0.2) is 0 Å². The zero-order valence-electron chi connectivity index (χ0n) is 13.1. The number of nitrogens with zero attached hydrogens (tertiary/aromatic N) is 4. The summed E-state index contributed by atoms with van der Waals surface area (Å²) in [5, 5.41) is 2.97. The molecular formula is C14H25N5O. The van der Waals surface area contributed by atoms with Crippen LogP contribution in [0.3, 0.4) is 0 Å². The third-order valence-corrected chi connectivity index (χ3v) is 3.57. The van der Waals surface area contributed by atoms with Crippen molar-refractivity contribution < 1.29 is 4.74 Å². The third-order valence-electron chi connectivity index (χ3n) is 3.57. The lowest BCUT2D eigenvalue weighted by molar-refractivity contribution is 0.221. The van der Waals surface area contributed by atoms with Crippen molar-refractivity contribution in [3.63, 3.8) is 0 Å². The van der Waals surface area contributed by atoms with Gasteiger partial charge in [-0.15, -0.1) is 0 Å². The molecule has 1 saturated heterocycles. The fraction of sp³-hybridized carbons (Fsp3) is 0.786. The van der Waals surface area contributed by atoms with Crippen LogP contribution in [-0.2, 0) is 0 Å². The number of ether oxygens (including phenoxy) is 1. The highest BCUT2D eigenvalue weighted by Gasteiger charge is 2.27. The van der Waals surface area contributed by atoms with E-state index in [1.165, 1.54) is 0 Å². The lowest BCUT2D eigenvalue weighted by Gasteiger charge is -2.36. The smallest absolute Gasteiger partial charge is 0.323 e. The van der Waals surface area contributed by atoms with Gasteiger partial charge in [0.05, 0.1) is 6.10 Å². The van der Waals surface area contributed by atoms with Crippen molar-refractivity contribution in [1.82, 2.24) is 15.0 Å². The highest BCUT2D eigenvalue weighted by Crippen LogP contribution is 2.31. The van der Waals surface area contributed by atoms with Crippen molar-refractivity contribution >= 4 is 11.9 Å². The number of nitrogens with one attached hydrogen (secondary N) is 1. The maximum Gasteiger partial charge on any atom is 0.323 e. The molecule has 0 aliphatic carbocycles. The Labute approximate surface area is 121 Å². The molecule has 112 valence electrons. The van der Waals surface area contributed by atoms with Gasteiger partial charge in [-0.1, -0.05) is 13.8 Å². The van der Waals surface area contributed by atoms with Crippen LogP contribution >= 0.6 is 0 Å². The molecule has 20 heavy (non-hydrogen) atoms. The lowest BCUT2D eigenvalue weighted by Crippen LogP contribution is -2.38. The Hall–Kier alpha value is -1.59. The summed E-state index contributed by atoms with van der Waals surface area (Å²) in [6.45, 7) is 10.5. The summed E-state index contributed by atoms with van der Waals surface area (Å²) in [4.78, 5) is 15.3. The Bertz CT molecular complexity index is 451. The standard InChI is InChI=1S/C14H25N5O/c1-10(2)20-13-17-11(15-5)16-12(18-13)19-8-6-14(3,4)7-9-19/h10H,6-9H2,1-5H3,(H,15,16,17,18). The van der Waals surface area contributed by atoms with E-state index in [0.29, 0.717) is 23.3 Å². The monoisotopic (exact) mass is 279 g/mol. The van der Waals surface area contributed by atoms with E-state index in [0.717, 1.165) is 25.9 Å². The Morgan fingerprint density at radius 3 is 2.35 bits per heavy atom. The van der Waals surface area contributed by atoms with Crippen LogP contribution in [0.4, 0.5) is 11.9 Å². The van der Waals surface area contributed by atoms with Crippen LogP contribution in [0.25, 0.3) is 0 Å². The van der Waals surface area contributed by atoms with E-state index in [2.05, 4.69) is 39.0 Å². The topological polar surface area (TPSA) is 63.2 Å². The summed E-state index contributed by atoms with van der Waals surface area (Å²) in [5.41, 5.74) is 0.409. The van der Waals surface area contributed by atoms with Gasteiger partial charge >= 0.3 is 6.01 Å². The minimum atomic E-state index is 0.0512. The van der Waals surface area contributed by atoms with Crippen LogP contribution < -0.4 is 15.0 Å². The number of rotatable bonds is 4. The molecule has 6 nitrogen and oxygen atoms in total. The summed E-state index contributed by atoms with van der Waals surface area (Å²) < 4.78 is 5.60. The van der Waals surface area contributed by atoms with E-state index in [4.69, 9.17) is 4.74 Å². The number of anilines is 2. The number of piperidine rings is 1. The molecule has 6 heteroatoms. The van der Waals surface area contributed by atoms with Gasteiger partial charge in [0.25, 0.3) is 0 Å². The first-order valence-corrected chi connectivity index (χ1v) is 7.25. The van der Waals surface area contributed by atoms with E-state index in [1.807, 2.05) is 13.8 Å². The predicted molar refractivity (Wildman–Crippen MR) is 80.4 cm³/mol. The van der Waals surface area contributed by atoms with Crippen molar-refractivity contribution in [2.24, 2.45) is 5.41 Å². The summed E-state index contributed by atoms with van der Waals surface area (Å²) in [6.07, 6.45) is 2.34. The fourth-order valence-electron chi connectivity index (χ4n) is 2.17. The Kier molecular flexibility index (Phi) is 4.30. The van der Waals surface area contributed by atoms with Gasteiger partial charge in [-0.3, -0.25) is 0 Å². The van der Waals surface area contributed by atoms with Crippen molar-refractivity contribution in [3.8, 4) is 6.01 Å². The molecule has 0 spiro atoms. The third kappa shape index (κ3) is 3.71. The molecule has 1 aliphatic heterocycles. The zero-order chi connectivity index (χ0) is 14.8. The van der Waals surface area contributed by atoms with Crippen LogP contribution in [0.1, 0.15) is 40.5 Å². The molecule has 1 aromatic rings. The van der Waals surface area contributed by atoms with Crippen LogP contribution in [-0.4, -0.2) is 41.2 Å². The van der Waals surface area contributed by atoms with Crippen molar-refractivity contribution in [1.29, 1.82) is 0 Å². The molecule has 1 fully saturated rings. The maximum absolute atomic E-state index is 5.60. The normalized spacial score (nSPS) is 18.2. The summed E-state index contributed by atoms with van der Waals surface area (Å²) in [5.74, 6) is 1.26. The van der Waals surface area contributed by atoms with Crippen molar-refractivity contribution in [2.45, 2.75) is 46.6 Å². The summed E-state index contributed by atoms with van der Waals surface area (Å²) >= 11 is 0. The van der Waals surface area contributed by atoms with Gasteiger partial charge in [0.15, 0.2) is 0 Å². The van der Waals surface area contributed by atoms with Crippen molar-refractivity contribution in [3.05, 3.63) is 0 Å². The molecule has 0 saturated carbocycles. The van der Waals surface area contributed by atoms with E-state index in [-0.39, 0.29) is 6.10 Å². The molecule has 2 heterocycles. The average Bonchev–Trinajstić information content (AvgIpc) is 2.37. The second-order valence-electron chi connectivity index (χ2n) is 6.31. The van der Waals surface area contributed by atoms with Crippen LogP contribution in [0.2, 0.25) is 0 Å². The van der Waals surface area contributed by atoms with Gasteiger partial charge in [-0.2, -0.15) is 15.0 Å². The first-order valence-electron chi connectivity index (χ1n) is 7.25. The molecule has 1 aliphatic rings. The molecule has 0 atom stereocenters. The molecular weight excluding hydrogens is 254 g/mol. The van der Waals surface area contributed by atoms with Gasteiger partial charge in [0.1, 0.15) is 0 Å². The van der Waals surface area contributed by atoms with Crippen molar-refractivity contribution in [2.75, 3.05) is 30.4 Å². The SMILES string of the molecule is CNc1nc(OC(C)C)nc(N2CCC(C)(C)CC2)n1. The molecule has 1 N–H and O–H groups in total. The minimum Gasteiger partial charge on any atom is -0.461 e. The first kappa shape index (κ1) is 14.8. The molecule has 0 radical (unpaired) electrons. The maximum atomic E-state index is 5.60. The minimum absolute atomic E-state index is 0.0512. The van der Waals surface area contributed by atoms with Crippen LogP contribution in [0.5, 0.6) is 6.01 Å². The average molecular weight is 279 g/mol. The molecule has 0 bridgehead atoms. The molecule has 0 unspecified atom stereocenters. The second kappa shape index (κ2) is 5.81. The number of aromatic nitrogens is 3. The van der Waals surface area contributed by atoms with E-state index >= 15 is 0 Å². The fourth-order valence-corrected chi connectivity index (χ4v) is 2.17. The highest BCUT2D eigenvalue weighted by molar-refractivity contribution is 5.38. The summed E-state index contributed by atoms with van der Waals surface area (Å²) in [7, 11) is 1.80. The number of hydrogen-bond donors (Lipinski definition) is 1. The first-order chi connectivity index (χ1) is 9.39. The van der Waals surface area contributed by atoms with Gasteiger partial charge in [0, 0.05) is 20.1 Å². The van der Waals surface area contributed by atoms with Gasteiger partial charge in [-0.05, 0) is 32.1 Å². The summed E-state index contributed by atoms with van der Waals surface area (Å²) in [6, 6.07) is 0.388. The Balaban J connectivity index is 2.18. The zero-order valence-corrected chi connectivity index (χ0v) is 13.1. The molecule has 2 rings (SSSR count). The predicted octanol–water partition coefficient (Wildman–Crippen LogP) is 2.33. The highest BCUT2D eigenvalue weighted by atomic mass is 16.5. The van der Waals surface area contributed by atoms with E-state index in [1.54, 1.807) is 7.05 Å².